The lowest BCUT2D eigenvalue weighted by Gasteiger charge is -2.35. The molecule has 3 rings (SSSR count). The number of nitrogens with zero attached hydrogens (tertiary/aromatic N) is 3. The molecule has 0 spiro atoms. The van der Waals surface area contributed by atoms with Crippen LogP contribution >= 0.6 is 0 Å². The molecule has 2 atom stereocenters. The van der Waals surface area contributed by atoms with Crippen molar-refractivity contribution in [2.75, 3.05) is 32.1 Å². The van der Waals surface area contributed by atoms with Crippen molar-refractivity contribution in [2.24, 2.45) is 11.8 Å². The second kappa shape index (κ2) is 8.52. The van der Waals surface area contributed by atoms with E-state index in [1.54, 1.807) is 19.0 Å². The molecular weight excluding hydrogens is 328 g/mol. The maximum Gasteiger partial charge on any atom is 0.225 e. The minimum absolute atomic E-state index is 0.0533. The molecular formula is C20H30N4O2. The molecule has 0 aromatic carbocycles. The molecule has 2 heterocycles. The largest absolute Gasteiger partial charge is 0.371 e. The quantitative estimate of drug-likeness (QED) is 0.895. The average molecular weight is 358 g/mol. The molecule has 6 heteroatoms. The third kappa shape index (κ3) is 4.54. The van der Waals surface area contributed by atoms with Gasteiger partial charge in [0.1, 0.15) is 0 Å². The summed E-state index contributed by atoms with van der Waals surface area (Å²) in [6.07, 6.45) is 9.08. The Kier molecular flexibility index (Phi) is 6.12. The van der Waals surface area contributed by atoms with Crippen LogP contribution in [0.1, 0.15) is 38.5 Å². The predicted octanol–water partition coefficient (Wildman–Crippen LogP) is 2.06. The van der Waals surface area contributed by atoms with Gasteiger partial charge >= 0.3 is 0 Å². The molecule has 1 aromatic heterocycles. The molecule has 142 valence electrons. The van der Waals surface area contributed by atoms with Gasteiger partial charge in [-0.25, -0.2) is 0 Å². The monoisotopic (exact) mass is 358 g/mol. The summed E-state index contributed by atoms with van der Waals surface area (Å²) in [5.74, 6) is 0.493. The van der Waals surface area contributed by atoms with E-state index in [0.717, 1.165) is 51.6 Å². The van der Waals surface area contributed by atoms with Gasteiger partial charge in [-0.3, -0.25) is 14.6 Å². The van der Waals surface area contributed by atoms with Crippen molar-refractivity contribution < 1.29 is 9.59 Å². The Labute approximate surface area is 156 Å². The van der Waals surface area contributed by atoms with E-state index in [1.165, 1.54) is 5.69 Å². The Bertz CT molecular complexity index is 611. The van der Waals surface area contributed by atoms with Crippen LogP contribution in [0.25, 0.3) is 0 Å². The molecule has 1 saturated carbocycles. The van der Waals surface area contributed by atoms with Gasteiger partial charge in [0, 0.05) is 63.1 Å². The van der Waals surface area contributed by atoms with Crippen LogP contribution in [-0.4, -0.2) is 54.9 Å². The van der Waals surface area contributed by atoms with Crippen LogP contribution in [0.2, 0.25) is 0 Å². The van der Waals surface area contributed by atoms with Crippen molar-refractivity contribution in [2.45, 2.75) is 44.6 Å². The fourth-order valence-corrected chi connectivity index (χ4v) is 4.18. The Morgan fingerprint density at radius 3 is 2.42 bits per heavy atom. The van der Waals surface area contributed by atoms with Crippen molar-refractivity contribution >= 4 is 17.5 Å². The third-order valence-corrected chi connectivity index (χ3v) is 5.70. The topological polar surface area (TPSA) is 65.5 Å². The van der Waals surface area contributed by atoms with E-state index < -0.39 is 0 Å². The van der Waals surface area contributed by atoms with E-state index >= 15 is 0 Å². The van der Waals surface area contributed by atoms with Gasteiger partial charge in [0.15, 0.2) is 0 Å². The first-order chi connectivity index (χ1) is 12.5. The van der Waals surface area contributed by atoms with Gasteiger partial charge in [-0.2, -0.15) is 0 Å². The number of rotatable bonds is 4. The number of anilines is 1. The third-order valence-electron chi connectivity index (χ3n) is 5.70. The van der Waals surface area contributed by atoms with Crippen molar-refractivity contribution in [1.82, 2.24) is 15.2 Å². The van der Waals surface area contributed by atoms with Crippen molar-refractivity contribution in [3.63, 3.8) is 0 Å². The van der Waals surface area contributed by atoms with E-state index in [4.69, 9.17) is 0 Å². The second-order valence-corrected chi connectivity index (χ2v) is 7.77. The summed E-state index contributed by atoms with van der Waals surface area (Å²) in [5, 5.41) is 3.23. The highest BCUT2D eigenvalue weighted by molar-refractivity contribution is 5.80. The average Bonchev–Trinajstić information content (AvgIpc) is 2.68. The van der Waals surface area contributed by atoms with Crippen LogP contribution in [0.15, 0.2) is 24.5 Å². The van der Waals surface area contributed by atoms with Crippen LogP contribution in [0.5, 0.6) is 0 Å². The molecule has 2 aliphatic rings. The standard InChI is InChI=1S/C20H30N4O2/c1-23(2)20(26)16-4-3-5-17(14-16)22-19(25)15-8-12-24(13-9-15)18-6-10-21-11-7-18/h6-7,10-11,15-17H,3-5,8-9,12-14H2,1-2H3,(H,22,25). The molecule has 26 heavy (non-hydrogen) atoms. The summed E-state index contributed by atoms with van der Waals surface area (Å²) in [6.45, 7) is 1.79. The van der Waals surface area contributed by atoms with E-state index in [0.29, 0.717) is 0 Å². The Morgan fingerprint density at radius 2 is 1.77 bits per heavy atom. The summed E-state index contributed by atoms with van der Waals surface area (Å²) in [7, 11) is 3.61. The molecule has 0 radical (unpaired) electrons. The summed E-state index contributed by atoms with van der Waals surface area (Å²) in [4.78, 5) is 32.9. The summed E-state index contributed by atoms with van der Waals surface area (Å²) >= 11 is 0. The van der Waals surface area contributed by atoms with Crippen molar-refractivity contribution in [3.8, 4) is 0 Å². The number of carbonyl (C=O) groups excluding carboxylic acids is 2. The van der Waals surface area contributed by atoms with Gasteiger partial charge < -0.3 is 15.1 Å². The molecule has 1 aliphatic heterocycles. The first-order valence-corrected chi connectivity index (χ1v) is 9.71. The van der Waals surface area contributed by atoms with Gasteiger partial charge in [0.25, 0.3) is 0 Å². The second-order valence-electron chi connectivity index (χ2n) is 7.77. The number of hydrogen-bond acceptors (Lipinski definition) is 4. The molecule has 2 amide bonds. The summed E-state index contributed by atoms with van der Waals surface area (Å²) < 4.78 is 0. The minimum atomic E-state index is 0.0533. The van der Waals surface area contributed by atoms with Gasteiger partial charge in [-0.1, -0.05) is 6.42 Å². The Morgan fingerprint density at radius 1 is 1.08 bits per heavy atom. The van der Waals surface area contributed by atoms with E-state index in [-0.39, 0.29) is 29.7 Å². The molecule has 1 aliphatic carbocycles. The summed E-state index contributed by atoms with van der Waals surface area (Å²) in [6, 6.07) is 4.18. The normalized spacial score (nSPS) is 24.2. The van der Waals surface area contributed by atoms with Crippen LogP contribution in [0.3, 0.4) is 0 Å². The zero-order valence-electron chi connectivity index (χ0n) is 15.9. The zero-order valence-corrected chi connectivity index (χ0v) is 15.9. The molecule has 1 N–H and O–H groups in total. The number of piperidine rings is 1. The Hall–Kier alpha value is -2.11. The van der Waals surface area contributed by atoms with Gasteiger partial charge in [0.05, 0.1) is 0 Å². The van der Waals surface area contributed by atoms with Gasteiger partial charge in [0.2, 0.25) is 11.8 Å². The molecule has 1 saturated heterocycles. The summed E-state index contributed by atoms with van der Waals surface area (Å²) in [5.41, 5.74) is 1.18. The molecule has 2 fully saturated rings. The highest BCUT2D eigenvalue weighted by atomic mass is 16.2. The van der Waals surface area contributed by atoms with E-state index in [9.17, 15) is 9.59 Å². The lowest BCUT2D eigenvalue weighted by molar-refractivity contribution is -0.135. The highest BCUT2D eigenvalue weighted by Crippen LogP contribution is 2.27. The van der Waals surface area contributed by atoms with Gasteiger partial charge in [-0.05, 0) is 44.2 Å². The number of carbonyl (C=O) groups is 2. The molecule has 1 aromatic rings. The molecule has 2 unspecified atom stereocenters. The van der Waals surface area contributed by atoms with E-state index in [1.807, 2.05) is 24.5 Å². The van der Waals surface area contributed by atoms with Crippen LogP contribution in [-0.2, 0) is 9.59 Å². The maximum absolute atomic E-state index is 12.7. The predicted molar refractivity (Wildman–Crippen MR) is 102 cm³/mol. The number of amides is 2. The zero-order chi connectivity index (χ0) is 18.5. The number of nitrogens with one attached hydrogen (secondary N) is 1. The lowest BCUT2D eigenvalue weighted by atomic mass is 9.84. The fraction of sp³-hybridized carbons (Fsp3) is 0.650. The molecule has 6 nitrogen and oxygen atoms in total. The Balaban J connectivity index is 1.47. The van der Waals surface area contributed by atoms with Crippen molar-refractivity contribution in [1.29, 1.82) is 0 Å². The fourth-order valence-electron chi connectivity index (χ4n) is 4.18. The highest BCUT2D eigenvalue weighted by Gasteiger charge is 2.31. The van der Waals surface area contributed by atoms with Gasteiger partial charge in [-0.15, -0.1) is 0 Å². The first-order valence-electron chi connectivity index (χ1n) is 9.71. The molecule has 0 bridgehead atoms. The number of pyridine rings is 1. The van der Waals surface area contributed by atoms with Crippen LogP contribution in [0, 0.1) is 11.8 Å². The van der Waals surface area contributed by atoms with Crippen LogP contribution in [0.4, 0.5) is 5.69 Å². The van der Waals surface area contributed by atoms with E-state index in [2.05, 4.69) is 15.2 Å². The SMILES string of the molecule is CN(C)C(=O)C1CCCC(NC(=O)C2CCN(c3ccncc3)CC2)C1. The number of aromatic nitrogens is 1. The first kappa shape index (κ1) is 18.7. The minimum Gasteiger partial charge on any atom is -0.371 e. The maximum atomic E-state index is 12.7. The lowest BCUT2D eigenvalue weighted by Crippen LogP contribution is -2.46. The number of hydrogen-bond donors (Lipinski definition) is 1. The smallest absolute Gasteiger partial charge is 0.225 e. The van der Waals surface area contributed by atoms with Crippen molar-refractivity contribution in [3.05, 3.63) is 24.5 Å². The van der Waals surface area contributed by atoms with Crippen LogP contribution < -0.4 is 10.2 Å².